The van der Waals surface area contributed by atoms with Gasteiger partial charge in [-0.05, 0) is 31.2 Å². The number of aryl methyl sites for hydroxylation is 1. The lowest BCUT2D eigenvalue weighted by atomic mass is 10.1. The quantitative estimate of drug-likeness (QED) is 0.740. The van der Waals surface area contributed by atoms with Crippen LogP contribution in [-0.4, -0.2) is 42.6 Å². The number of ether oxygens (including phenoxy) is 1. The van der Waals surface area contributed by atoms with E-state index >= 15 is 0 Å². The van der Waals surface area contributed by atoms with E-state index in [1.54, 1.807) is 0 Å². The number of carbonyl (C=O) groups excluding carboxylic acids is 1. The number of hydrogen-bond donors (Lipinski definition) is 1. The molecule has 1 aliphatic heterocycles. The van der Waals surface area contributed by atoms with Crippen LogP contribution >= 0.6 is 12.4 Å². The summed E-state index contributed by atoms with van der Waals surface area (Å²) >= 11 is 0. The van der Waals surface area contributed by atoms with Gasteiger partial charge in [-0.15, -0.1) is 12.4 Å². The molecule has 0 aromatic heterocycles. The number of nitrogens with zero attached hydrogens (tertiary/aromatic N) is 1. The normalized spacial score (nSPS) is 18.5. The fourth-order valence-electron chi connectivity index (χ4n) is 2.90. The van der Waals surface area contributed by atoms with Gasteiger partial charge in [0.1, 0.15) is 0 Å². The molecule has 2 rings (SSSR count). The van der Waals surface area contributed by atoms with Gasteiger partial charge in [0.2, 0.25) is 5.91 Å². The van der Waals surface area contributed by atoms with E-state index in [1.807, 2.05) is 11.0 Å². The van der Waals surface area contributed by atoms with Crippen molar-refractivity contribution < 1.29 is 9.53 Å². The van der Waals surface area contributed by atoms with Crippen LogP contribution < -0.4 is 5.73 Å². The smallest absolute Gasteiger partial charge is 0.239 e. The van der Waals surface area contributed by atoms with E-state index in [0.717, 1.165) is 45.3 Å². The molecular formula is C18H29ClN2O2. The monoisotopic (exact) mass is 340 g/mol. The van der Waals surface area contributed by atoms with E-state index in [1.165, 1.54) is 5.56 Å². The van der Waals surface area contributed by atoms with E-state index < -0.39 is 0 Å². The molecule has 0 saturated carbocycles. The molecule has 0 bridgehead atoms. The third-order valence-corrected chi connectivity index (χ3v) is 4.18. The van der Waals surface area contributed by atoms with Gasteiger partial charge in [0.15, 0.2) is 0 Å². The second-order valence-electron chi connectivity index (χ2n) is 6.05. The van der Waals surface area contributed by atoms with E-state index in [0.29, 0.717) is 6.54 Å². The molecule has 23 heavy (non-hydrogen) atoms. The van der Waals surface area contributed by atoms with Crippen LogP contribution in [0.4, 0.5) is 0 Å². The number of nitrogens with two attached hydrogens (primary N) is 1. The van der Waals surface area contributed by atoms with Crippen molar-refractivity contribution in [3.05, 3.63) is 35.9 Å². The van der Waals surface area contributed by atoms with Crippen LogP contribution in [0.15, 0.2) is 30.3 Å². The number of amides is 1. The van der Waals surface area contributed by atoms with Crippen molar-refractivity contribution in [2.24, 2.45) is 5.73 Å². The van der Waals surface area contributed by atoms with Crippen LogP contribution in [0.5, 0.6) is 0 Å². The minimum absolute atomic E-state index is 0. The average Bonchev–Trinajstić information content (AvgIpc) is 3.01. The molecule has 4 nitrogen and oxygen atoms in total. The first kappa shape index (κ1) is 19.9. The van der Waals surface area contributed by atoms with Gasteiger partial charge < -0.3 is 15.4 Å². The first-order valence-electron chi connectivity index (χ1n) is 8.40. The van der Waals surface area contributed by atoms with Gasteiger partial charge in [0, 0.05) is 19.7 Å². The maximum atomic E-state index is 12.1. The predicted octanol–water partition coefficient (Wildman–Crippen LogP) is 2.79. The molecule has 2 atom stereocenters. The number of likely N-dealkylation sites (tertiary alicyclic amines) is 1. The van der Waals surface area contributed by atoms with Crippen LogP contribution in [0.25, 0.3) is 0 Å². The number of carbonyl (C=O) groups is 1. The lowest BCUT2D eigenvalue weighted by Crippen LogP contribution is -2.43. The molecule has 2 N–H and O–H groups in total. The molecule has 5 heteroatoms. The Morgan fingerprint density at radius 2 is 2.13 bits per heavy atom. The SMILES string of the molecule is CCCC(N)C(=O)N1CCC(OCCCc2ccccc2)C1.Cl. The third kappa shape index (κ3) is 6.50. The Bertz CT molecular complexity index is 456. The zero-order valence-electron chi connectivity index (χ0n) is 13.9. The molecule has 0 spiro atoms. The molecule has 0 radical (unpaired) electrons. The second kappa shape index (κ2) is 10.6. The van der Waals surface area contributed by atoms with Crippen molar-refractivity contribution in [1.82, 2.24) is 4.90 Å². The number of benzene rings is 1. The van der Waals surface area contributed by atoms with Gasteiger partial charge in [-0.1, -0.05) is 43.7 Å². The van der Waals surface area contributed by atoms with E-state index in [-0.39, 0.29) is 30.5 Å². The fraction of sp³-hybridized carbons (Fsp3) is 0.611. The first-order chi connectivity index (χ1) is 10.7. The van der Waals surface area contributed by atoms with Crippen LogP contribution in [-0.2, 0) is 16.0 Å². The van der Waals surface area contributed by atoms with E-state index in [2.05, 4.69) is 31.2 Å². The Kier molecular flexibility index (Phi) is 9.22. The summed E-state index contributed by atoms with van der Waals surface area (Å²) in [6, 6.07) is 10.1. The van der Waals surface area contributed by atoms with Gasteiger partial charge in [-0.2, -0.15) is 0 Å². The largest absolute Gasteiger partial charge is 0.376 e. The Morgan fingerprint density at radius 3 is 2.83 bits per heavy atom. The van der Waals surface area contributed by atoms with Gasteiger partial charge in [0.25, 0.3) is 0 Å². The van der Waals surface area contributed by atoms with Gasteiger partial charge >= 0.3 is 0 Å². The maximum Gasteiger partial charge on any atom is 0.239 e. The molecule has 1 saturated heterocycles. The number of hydrogen-bond acceptors (Lipinski definition) is 3. The van der Waals surface area contributed by atoms with Crippen molar-refractivity contribution in [1.29, 1.82) is 0 Å². The summed E-state index contributed by atoms with van der Waals surface area (Å²) in [5.41, 5.74) is 7.25. The molecule has 2 unspecified atom stereocenters. The Labute approximate surface area is 145 Å². The summed E-state index contributed by atoms with van der Waals surface area (Å²) in [6.45, 7) is 4.28. The highest BCUT2D eigenvalue weighted by Crippen LogP contribution is 2.15. The fourth-order valence-corrected chi connectivity index (χ4v) is 2.90. The number of halogens is 1. The van der Waals surface area contributed by atoms with Gasteiger partial charge in [0.05, 0.1) is 12.1 Å². The van der Waals surface area contributed by atoms with Crippen LogP contribution in [0.2, 0.25) is 0 Å². The van der Waals surface area contributed by atoms with Crippen molar-refractivity contribution in [3.63, 3.8) is 0 Å². The molecular weight excluding hydrogens is 312 g/mol. The van der Waals surface area contributed by atoms with Crippen molar-refractivity contribution in [2.75, 3.05) is 19.7 Å². The molecule has 1 aromatic carbocycles. The molecule has 1 heterocycles. The third-order valence-electron chi connectivity index (χ3n) is 4.18. The minimum Gasteiger partial charge on any atom is -0.376 e. The Balaban J connectivity index is 0.00000264. The highest BCUT2D eigenvalue weighted by molar-refractivity contribution is 5.85. The van der Waals surface area contributed by atoms with Crippen molar-refractivity contribution in [2.45, 2.75) is 51.2 Å². The van der Waals surface area contributed by atoms with Crippen molar-refractivity contribution in [3.8, 4) is 0 Å². The molecule has 1 fully saturated rings. The first-order valence-corrected chi connectivity index (χ1v) is 8.40. The highest BCUT2D eigenvalue weighted by Gasteiger charge is 2.29. The average molecular weight is 341 g/mol. The predicted molar refractivity (Wildman–Crippen MR) is 95.8 cm³/mol. The summed E-state index contributed by atoms with van der Waals surface area (Å²) in [6.07, 6.45) is 4.86. The Hall–Kier alpha value is -1.10. The van der Waals surface area contributed by atoms with Gasteiger partial charge in [-0.3, -0.25) is 4.79 Å². The summed E-state index contributed by atoms with van der Waals surface area (Å²) < 4.78 is 5.91. The zero-order valence-corrected chi connectivity index (χ0v) is 14.8. The standard InChI is InChI=1S/C18H28N2O2.ClH/c1-2-7-17(19)18(21)20-12-11-16(14-20)22-13-6-10-15-8-4-3-5-9-15;/h3-5,8-9,16-17H,2,6-7,10-14,19H2,1H3;1H. The topological polar surface area (TPSA) is 55.6 Å². The van der Waals surface area contributed by atoms with Crippen molar-refractivity contribution >= 4 is 18.3 Å². The summed E-state index contributed by atoms with van der Waals surface area (Å²) in [5.74, 6) is 0.0808. The second-order valence-corrected chi connectivity index (χ2v) is 6.05. The maximum absolute atomic E-state index is 12.1. The molecule has 1 aromatic rings. The summed E-state index contributed by atoms with van der Waals surface area (Å²) in [5, 5.41) is 0. The number of rotatable bonds is 8. The lowest BCUT2D eigenvalue weighted by molar-refractivity contribution is -0.132. The molecule has 130 valence electrons. The van der Waals surface area contributed by atoms with E-state index in [4.69, 9.17) is 10.5 Å². The zero-order chi connectivity index (χ0) is 15.8. The highest BCUT2D eigenvalue weighted by atomic mass is 35.5. The molecule has 0 aliphatic carbocycles. The van der Waals surface area contributed by atoms with Gasteiger partial charge in [-0.25, -0.2) is 0 Å². The Morgan fingerprint density at radius 1 is 1.39 bits per heavy atom. The lowest BCUT2D eigenvalue weighted by Gasteiger charge is -2.20. The molecule has 1 amide bonds. The molecule has 1 aliphatic rings. The summed E-state index contributed by atoms with van der Waals surface area (Å²) in [4.78, 5) is 14.0. The van der Waals surface area contributed by atoms with Crippen LogP contribution in [0.3, 0.4) is 0 Å². The van der Waals surface area contributed by atoms with E-state index in [9.17, 15) is 4.79 Å². The van der Waals surface area contributed by atoms with Crippen LogP contribution in [0, 0.1) is 0 Å². The summed E-state index contributed by atoms with van der Waals surface area (Å²) in [7, 11) is 0. The minimum atomic E-state index is -0.346. The van der Waals surface area contributed by atoms with Crippen LogP contribution in [0.1, 0.15) is 38.2 Å².